The number of nitrogens with one attached hydrogen (secondary N) is 1. The van der Waals surface area contributed by atoms with E-state index in [9.17, 15) is 9.59 Å². The number of carbonyl (C=O) groups excluding carboxylic acids is 2. The summed E-state index contributed by atoms with van der Waals surface area (Å²) in [6.45, 7) is 4.07. The van der Waals surface area contributed by atoms with Gasteiger partial charge in [-0.05, 0) is 19.3 Å². The van der Waals surface area contributed by atoms with Crippen molar-refractivity contribution in [3.63, 3.8) is 0 Å². The summed E-state index contributed by atoms with van der Waals surface area (Å²) in [5.74, 6) is -0.611. The molecule has 5 N–H and O–H groups in total. The van der Waals surface area contributed by atoms with Crippen LogP contribution in [0.15, 0.2) is 0 Å². The molecule has 2 unspecified atom stereocenters. The van der Waals surface area contributed by atoms with Gasteiger partial charge in [-0.15, -0.1) is 11.3 Å². The number of thiophene rings is 1. The van der Waals surface area contributed by atoms with Crippen LogP contribution in [0.3, 0.4) is 0 Å². The highest BCUT2D eigenvalue weighted by Crippen LogP contribution is 2.40. The zero-order valence-electron chi connectivity index (χ0n) is 10.9. The maximum Gasteiger partial charge on any atom is 0.343 e. The van der Waals surface area contributed by atoms with E-state index in [0.717, 1.165) is 17.8 Å². The maximum atomic E-state index is 11.9. The standard InChI is InChI=1S/C12H17N3O3S/c1-3-18-12(17)7-8(13)9(10(14)16)19-11(7)15-6-4-5(6)2/h5-6,15H,3-4,13H2,1-2H3,(H2,14,16). The summed E-state index contributed by atoms with van der Waals surface area (Å²) in [4.78, 5) is 23.4. The topological polar surface area (TPSA) is 107 Å². The van der Waals surface area contributed by atoms with Crippen molar-refractivity contribution in [1.29, 1.82) is 0 Å². The molecule has 1 aliphatic rings. The van der Waals surface area contributed by atoms with E-state index in [-0.39, 0.29) is 22.7 Å². The number of hydrogen-bond acceptors (Lipinski definition) is 6. The van der Waals surface area contributed by atoms with Crippen LogP contribution in [-0.2, 0) is 4.74 Å². The fraction of sp³-hybridized carbons (Fsp3) is 0.500. The molecular weight excluding hydrogens is 266 g/mol. The van der Waals surface area contributed by atoms with Crippen LogP contribution in [0.1, 0.15) is 40.3 Å². The number of ether oxygens (including phenoxy) is 1. The first-order valence-corrected chi connectivity index (χ1v) is 6.93. The molecule has 104 valence electrons. The van der Waals surface area contributed by atoms with Gasteiger partial charge in [0.1, 0.15) is 15.4 Å². The highest BCUT2D eigenvalue weighted by molar-refractivity contribution is 7.19. The Morgan fingerprint density at radius 2 is 2.16 bits per heavy atom. The van der Waals surface area contributed by atoms with E-state index in [1.54, 1.807) is 6.92 Å². The van der Waals surface area contributed by atoms with Crippen LogP contribution < -0.4 is 16.8 Å². The Bertz CT molecular complexity index is 527. The Hall–Kier alpha value is -1.76. The van der Waals surface area contributed by atoms with Crippen molar-refractivity contribution in [1.82, 2.24) is 0 Å². The van der Waals surface area contributed by atoms with Crippen LogP contribution >= 0.6 is 11.3 Å². The van der Waals surface area contributed by atoms with Crippen LogP contribution in [0.25, 0.3) is 0 Å². The lowest BCUT2D eigenvalue weighted by Gasteiger charge is -2.06. The van der Waals surface area contributed by atoms with Crippen LogP contribution in [-0.4, -0.2) is 24.5 Å². The summed E-state index contributed by atoms with van der Waals surface area (Å²) in [6, 6.07) is 0.312. The third-order valence-electron chi connectivity index (χ3n) is 3.07. The summed E-state index contributed by atoms with van der Waals surface area (Å²) in [6.07, 6.45) is 1.03. The lowest BCUT2D eigenvalue weighted by atomic mass is 10.2. The second-order valence-electron chi connectivity index (χ2n) is 4.60. The number of amides is 1. The third kappa shape index (κ3) is 2.65. The largest absolute Gasteiger partial charge is 0.462 e. The minimum absolute atomic E-state index is 0.103. The Morgan fingerprint density at radius 1 is 1.53 bits per heavy atom. The molecule has 6 nitrogen and oxygen atoms in total. The fourth-order valence-corrected chi connectivity index (χ4v) is 2.85. The van der Waals surface area contributed by atoms with Gasteiger partial charge in [0.05, 0.1) is 12.3 Å². The molecule has 0 saturated heterocycles. The summed E-state index contributed by atoms with van der Waals surface area (Å²) in [7, 11) is 0. The summed E-state index contributed by atoms with van der Waals surface area (Å²) in [5.41, 5.74) is 11.4. The molecule has 0 aliphatic heterocycles. The van der Waals surface area contributed by atoms with E-state index in [4.69, 9.17) is 16.2 Å². The van der Waals surface area contributed by atoms with Crippen molar-refractivity contribution in [3.8, 4) is 0 Å². The smallest absolute Gasteiger partial charge is 0.343 e. The molecule has 2 atom stereocenters. The number of hydrogen-bond donors (Lipinski definition) is 3. The molecule has 0 radical (unpaired) electrons. The number of carbonyl (C=O) groups is 2. The molecule has 1 aromatic heterocycles. The quantitative estimate of drug-likeness (QED) is 0.708. The molecule has 1 fully saturated rings. The normalized spacial score (nSPS) is 20.9. The molecule has 1 aliphatic carbocycles. The average Bonchev–Trinajstić information content (AvgIpc) is 2.89. The van der Waals surface area contributed by atoms with E-state index in [2.05, 4.69) is 12.2 Å². The molecule has 19 heavy (non-hydrogen) atoms. The van der Waals surface area contributed by atoms with E-state index in [0.29, 0.717) is 17.0 Å². The minimum Gasteiger partial charge on any atom is -0.462 e. The number of nitrogens with two attached hydrogens (primary N) is 2. The number of rotatable bonds is 5. The SMILES string of the molecule is CCOC(=O)c1c(NC2CC2C)sc(C(N)=O)c1N. The second-order valence-corrected chi connectivity index (χ2v) is 5.62. The Balaban J connectivity index is 2.35. The predicted molar refractivity (Wildman–Crippen MR) is 74.4 cm³/mol. The Kier molecular flexibility index (Phi) is 3.66. The summed E-state index contributed by atoms with van der Waals surface area (Å²) < 4.78 is 4.97. The molecule has 1 aromatic rings. The minimum atomic E-state index is -0.634. The van der Waals surface area contributed by atoms with Crippen molar-refractivity contribution in [2.75, 3.05) is 17.7 Å². The molecule has 0 spiro atoms. The maximum absolute atomic E-state index is 11.9. The van der Waals surface area contributed by atoms with E-state index >= 15 is 0 Å². The molecule has 0 bridgehead atoms. The highest BCUT2D eigenvalue weighted by atomic mass is 32.1. The van der Waals surface area contributed by atoms with Crippen molar-refractivity contribution in [2.24, 2.45) is 11.7 Å². The van der Waals surface area contributed by atoms with Gasteiger partial charge in [-0.2, -0.15) is 0 Å². The van der Waals surface area contributed by atoms with Gasteiger partial charge in [0.2, 0.25) is 0 Å². The van der Waals surface area contributed by atoms with E-state index in [1.165, 1.54) is 0 Å². The number of nitrogen functional groups attached to an aromatic ring is 1. The number of primary amides is 1. The molecule has 7 heteroatoms. The zero-order chi connectivity index (χ0) is 14.2. The molecular formula is C12H17N3O3S. The first-order chi connectivity index (χ1) is 8.95. The van der Waals surface area contributed by atoms with Gasteiger partial charge in [0.15, 0.2) is 0 Å². The van der Waals surface area contributed by atoms with Crippen molar-refractivity contribution in [2.45, 2.75) is 26.3 Å². The molecule has 1 heterocycles. The van der Waals surface area contributed by atoms with E-state index in [1.807, 2.05) is 0 Å². The Morgan fingerprint density at radius 3 is 2.63 bits per heavy atom. The average molecular weight is 283 g/mol. The fourth-order valence-electron chi connectivity index (χ4n) is 1.83. The van der Waals surface area contributed by atoms with Crippen molar-refractivity contribution < 1.29 is 14.3 Å². The monoisotopic (exact) mass is 283 g/mol. The third-order valence-corrected chi connectivity index (χ3v) is 4.23. The molecule has 1 amide bonds. The summed E-state index contributed by atoms with van der Waals surface area (Å²) in [5, 5.41) is 3.79. The van der Waals surface area contributed by atoms with Crippen molar-refractivity contribution in [3.05, 3.63) is 10.4 Å². The van der Waals surface area contributed by atoms with Crippen LogP contribution in [0.2, 0.25) is 0 Å². The first-order valence-electron chi connectivity index (χ1n) is 6.11. The van der Waals surface area contributed by atoms with Gasteiger partial charge in [0, 0.05) is 6.04 Å². The van der Waals surface area contributed by atoms with Gasteiger partial charge in [-0.25, -0.2) is 4.79 Å². The van der Waals surface area contributed by atoms with Gasteiger partial charge in [-0.1, -0.05) is 6.92 Å². The Labute approximate surface area is 115 Å². The van der Waals surface area contributed by atoms with Crippen LogP contribution in [0, 0.1) is 5.92 Å². The first kappa shape index (κ1) is 13.7. The molecule has 1 saturated carbocycles. The number of anilines is 2. The highest BCUT2D eigenvalue weighted by Gasteiger charge is 2.35. The van der Waals surface area contributed by atoms with Crippen LogP contribution in [0.5, 0.6) is 0 Å². The van der Waals surface area contributed by atoms with Gasteiger partial charge in [0.25, 0.3) is 5.91 Å². The van der Waals surface area contributed by atoms with E-state index < -0.39 is 11.9 Å². The lowest BCUT2D eigenvalue weighted by Crippen LogP contribution is -2.13. The second kappa shape index (κ2) is 5.08. The molecule has 0 aromatic carbocycles. The number of esters is 1. The van der Waals surface area contributed by atoms with Gasteiger partial charge in [-0.3, -0.25) is 4.79 Å². The van der Waals surface area contributed by atoms with Gasteiger partial charge < -0.3 is 21.5 Å². The summed E-state index contributed by atoms with van der Waals surface area (Å²) >= 11 is 1.11. The predicted octanol–water partition coefficient (Wildman–Crippen LogP) is 1.43. The lowest BCUT2D eigenvalue weighted by molar-refractivity contribution is 0.0529. The molecule has 2 rings (SSSR count). The van der Waals surface area contributed by atoms with Crippen LogP contribution in [0.4, 0.5) is 10.7 Å². The van der Waals surface area contributed by atoms with Crippen molar-refractivity contribution >= 4 is 33.9 Å². The van der Waals surface area contributed by atoms with Gasteiger partial charge >= 0.3 is 5.97 Å². The zero-order valence-corrected chi connectivity index (χ0v) is 11.7.